The fourth-order valence-electron chi connectivity index (χ4n) is 2.05. The third-order valence-electron chi connectivity index (χ3n) is 3.21. The summed E-state index contributed by atoms with van der Waals surface area (Å²) in [6.45, 7) is 6.17. The fraction of sp³-hybridized carbons (Fsp3) is 0.500. The normalized spacial score (nSPS) is 15.5. The fourth-order valence-corrected chi connectivity index (χ4v) is 2.05. The molecule has 0 aromatic heterocycles. The number of hydrogen-bond donors (Lipinski definition) is 2. The van der Waals surface area contributed by atoms with Crippen molar-refractivity contribution < 1.29 is 4.79 Å². The lowest BCUT2D eigenvalue weighted by atomic mass is 10.1. The Labute approximate surface area is 108 Å². The zero-order chi connectivity index (χ0) is 12.8. The number of carbonyl (C=O) groups excluding carboxylic acids is 1. The molecule has 2 N–H and O–H groups in total. The van der Waals surface area contributed by atoms with Crippen LogP contribution in [-0.2, 0) is 6.42 Å². The Hall–Kier alpha value is -1.55. The molecule has 4 nitrogen and oxygen atoms in total. The highest BCUT2D eigenvalue weighted by Crippen LogP contribution is 2.03. The van der Waals surface area contributed by atoms with Crippen molar-refractivity contribution in [3.8, 4) is 0 Å². The van der Waals surface area contributed by atoms with Gasteiger partial charge < -0.3 is 15.5 Å². The molecule has 0 radical (unpaired) electrons. The van der Waals surface area contributed by atoms with E-state index in [1.54, 1.807) is 0 Å². The number of aryl methyl sites for hydroxylation is 1. The molecule has 1 fully saturated rings. The topological polar surface area (TPSA) is 44.4 Å². The second kappa shape index (κ2) is 6.40. The van der Waals surface area contributed by atoms with Gasteiger partial charge >= 0.3 is 6.03 Å². The van der Waals surface area contributed by atoms with Gasteiger partial charge in [0.05, 0.1) is 0 Å². The Kier molecular flexibility index (Phi) is 4.59. The van der Waals surface area contributed by atoms with E-state index in [-0.39, 0.29) is 6.03 Å². The van der Waals surface area contributed by atoms with Gasteiger partial charge in [-0.3, -0.25) is 0 Å². The Balaban J connectivity index is 1.71. The number of carbonyl (C=O) groups is 1. The number of rotatable bonds is 3. The van der Waals surface area contributed by atoms with Crippen LogP contribution in [0.15, 0.2) is 24.3 Å². The van der Waals surface area contributed by atoms with Crippen molar-refractivity contribution in [2.75, 3.05) is 32.7 Å². The van der Waals surface area contributed by atoms with Gasteiger partial charge in [0.15, 0.2) is 0 Å². The maximum absolute atomic E-state index is 11.8. The molecule has 0 saturated carbocycles. The zero-order valence-electron chi connectivity index (χ0n) is 10.9. The molecular weight excluding hydrogens is 226 g/mol. The number of hydrogen-bond acceptors (Lipinski definition) is 2. The summed E-state index contributed by atoms with van der Waals surface area (Å²) in [7, 11) is 0. The van der Waals surface area contributed by atoms with Crippen LogP contribution in [0.1, 0.15) is 11.1 Å². The van der Waals surface area contributed by atoms with Crippen molar-refractivity contribution in [1.29, 1.82) is 0 Å². The molecule has 0 unspecified atom stereocenters. The van der Waals surface area contributed by atoms with E-state index in [9.17, 15) is 4.79 Å². The Bertz CT molecular complexity index is 383. The summed E-state index contributed by atoms with van der Waals surface area (Å²) in [4.78, 5) is 13.7. The van der Waals surface area contributed by atoms with E-state index in [0.717, 1.165) is 32.6 Å². The SMILES string of the molecule is Cc1ccc(CCNC(=O)N2CCNCC2)cc1. The molecule has 1 heterocycles. The van der Waals surface area contributed by atoms with Crippen LogP contribution in [-0.4, -0.2) is 43.7 Å². The van der Waals surface area contributed by atoms with Gasteiger partial charge in [0.2, 0.25) is 0 Å². The van der Waals surface area contributed by atoms with Crippen molar-refractivity contribution in [3.63, 3.8) is 0 Å². The van der Waals surface area contributed by atoms with Crippen molar-refractivity contribution >= 4 is 6.03 Å². The van der Waals surface area contributed by atoms with Gasteiger partial charge in [-0.25, -0.2) is 4.79 Å². The molecular formula is C14H21N3O. The molecule has 0 aliphatic carbocycles. The van der Waals surface area contributed by atoms with Gasteiger partial charge in [0.1, 0.15) is 0 Å². The quantitative estimate of drug-likeness (QED) is 0.841. The van der Waals surface area contributed by atoms with Crippen LogP contribution in [0.25, 0.3) is 0 Å². The number of benzene rings is 1. The Morgan fingerprint density at radius 3 is 2.61 bits per heavy atom. The molecule has 1 aliphatic rings. The first-order valence-corrected chi connectivity index (χ1v) is 6.55. The predicted molar refractivity (Wildman–Crippen MR) is 72.7 cm³/mol. The molecule has 1 saturated heterocycles. The minimum Gasteiger partial charge on any atom is -0.338 e. The van der Waals surface area contributed by atoms with E-state index < -0.39 is 0 Å². The molecule has 1 aromatic carbocycles. The maximum Gasteiger partial charge on any atom is 0.317 e. The van der Waals surface area contributed by atoms with Gasteiger partial charge in [-0.15, -0.1) is 0 Å². The molecule has 98 valence electrons. The van der Waals surface area contributed by atoms with Gasteiger partial charge in [-0.1, -0.05) is 29.8 Å². The first-order chi connectivity index (χ1) is 8.75. The highest BCUT2D eigenvalue weighted by atomic mass is 16.2. The summed E-state index contributed by atoms with van der Waals surface area (Å²) in [5.41, 5.74) is 2.53. The van der Waals surface area contributed by atoms with Gasteiger partial charge in [-0.2, -0.15) is 0 Å². The molecule has 2 amide bonds. The van der Waals surface area contributed by atoms with E-state index >= 15 is 0 Å². The van der Waals surface area contributed by atoms with Crippen molar-refractivity contribution in [3.05, 3.63) is 35.4 Å². The summed E-state index contributed by atoms with van der Waals surface area (Å²) in [5, 5.41) is 6.21. The Morgan fingerprint density at radius 2 is 1.94 bits per heavy atom. The highest BCUT2D eigenvalue weighted by molar-refractivity contribution is 5.74. The molecule has 1 aliphatic heterocycles. The van der Waals surface area contributed by atoms with Crippen LogP contribution in [0, 0.1) is 6.92 Å². The largest absolute Gasteiger partial charge is 0.338 e. The average molecular weight is 247 g/mol. The highest BCUT2D eigenvalue weighted by Gasteiger charge is 2.14. The van der Waals surface area contributed by atoms with E-state index in [4.69, 9.17) is 0 Å². The average Bonchev–Trinajstić information content (AvgIpc) is 2.42. The number of amides is 2. The molecule has 0 bridgehead atoms. The van der Waals surface area contributed by atoms with Crippen LogP contribution in [0.2, 0.25) is 0 Å². The van der Waals surface area contributed by atoms with Gasteiger partial charge in [-0.05, 0) is 18.9 Å². The predicted octanol–water partition coefficient (Wildman–Crippen LogP) is 1.15. The van der Waals surface area contributed by atoms with E-state index in [1.165, 1.54) is 11.1 Å². The van der Waals surface area contributed by atoms with Crippen LogP contribution in [0.5, 0.6) is 0 Å². The molecule has 0 atom stereocenters. The van der Waals surface area contributed by atoms with E-state index in [0.29, 0.717) is 6.54 Å². The molecule has 0 spiro atoms. The smallest absolute Gasteiger partial charge is 0.317 e. The lowest BCUT2D eigenvalue weighted by Crippen LogP contribution is -2.50. The monoisotopic (exact) mass is 247 g/mol. The van der Waals surface area contributed by atoms with Crippen molar-refractivity contribution in [1.82, 2.24) is 15.5 Å². The summed E-state index contributed by atoms with van der Waals surface area (Å²) in [6.07, 6.45) is 0.887. The zero-order valence-corrected chi connectivity index (χ0v) is 10.9. The minimum absolute atomic E-state index is 0.0589. The van der Waals surface area contributed by atoms with Gasteiger partial charge in [0.25, 0.3) is 0 Å². The molecule has 1 aromatic rings. The van der Waals surface area contributed by atoms with E-state index in [2.05, 4.69) is 41.8 Å². The standard InChI is InChI=1S/C14H21N3O/c1-12-2-4-13(5-3-12)6-7-16-14(18)17-10-8-15-9-11-17/h2-5,15H,6-11H2,1H3,(H,16,18). The number of piperazine rings is 1. The second-order valence-corrected chi connectivity index (χ2v) is 4.70. The summed E-state index contributed by atoms with van der Waals surface area (Å²) < 4.78 is 0. The van der Waals surface area contributed by atoms with Crippen LogP contribution >= 0.6 is 0 Å². The minimum atomic E-state index is 0.0589. The third-order valence-corrected chi connectivity index (χ3v) is 3.21. The van der Waals surface area contributed by atoms with Crippen molar-refractivity contribution in [2.45, 2.75) is 13.3 Å². The van der Waals surface area contributed by atoms with Crippen molar-refractivity contribution in [2.24, 2.45) is 0 Å². The summed E-state index contributed by atoms with van der Waals surface area (Å²) >= 11 is 0. The maximum atomic E-state index is 11.8. The first-order valence-electron chi connectivity index (χ1n) is 6.55. The van der Waals surface area contributed by atoms with Crippen LogP contribution in [0.3, 0.4) is 0 Å². The Morgan fingerprint density at radius 1 is 1.28 bits per heavy atom. The number of urea groups is 1. The summed E-state index contributed by atoms with van der Waals surface area (Å²) in [6, 6.07) is 8.50. The third kappa shape index (κ3) is 3.74. The molecule has 18 heavy (non-hydrogen) atoms. The number of nitrogens with one attached hydrogen (secondary N) is 2. The molecule has 4 heteroatoms. The molecule has 2 rings (SSSR count). The lowest BCUT2D eigenvalue weighted by molar-refractivity contribution is 0.190. The number of nitrogens with zero attached hydrogens (tertiary/aromatic N) is 1. The van der Waals surface area contributed by atoms with Crippen LogP contribution in [0.4, 0.5) is 4.79 Å². The van der Waals surface area contributed by atoms with E-state index in [1.807, 2.05) is 4.90 Å². The van der Waals surface area contributed by atoms with Crippen LogP contribution < -0.4 is 10.6 Å². The lowest BCUT2D eigenvalue weighted by Gasteiger charge is -2.27. The van der Waals surface area contributed by atoms with Gasteiger partial charge in [0, 0.05) is 32.7 Å². The summed E-state index contributed by atoms with van der Waals surface area (Å²) in [5.74, 6) is 0. The second-order valence-electron chi connectivity index (χ2n) is 4.70. The first kappa shape index (κ1) is 12.9.